The molecule has 2 aromatic heterocycles. The molecule has 2 aromatic rings. The van der Waals surface area contributed by atoms with Gasteiger partial charge in [0.2, 0.25) is 0 Å². The zero-order valence-corrected chi connectivity index (χ0v) is 17.4. The van der Waals surface area contributed by atoms with Crippen LogP contribution >= 0.6 is 11.8 Å². The number of nitriles is 1. The van der Waals surface area contributed by atoms with Crippen molar-refractivity contribution in [1.82, 2.24) is 20.2 Å². The van der Waals surface area contributed by atoms with Crippen molar-refractivity contribution >= 4 is 39.7 Å². The first-order chi connectivity index (χ1) is 14.1. The van der Waals surface area contributed by atoms with Crippen LogP contribution in [0, 0.1) is 17.2 Å². The van der Waals surface area contributed by atoms with Gasteiger partial charge in [-0.15, -0.1) is 0 Å². The third kappa shape index (κ3) is 4.03. The fourth-order valence-electron chi connectivity index (χ4n) is 4.03. The number of piperidine rings is 1. The van der Waals surface area contributed by atoms with E-state index in [0.29, 0.717) is 30.6 Å². The lowest BCUT2D eigenvalue weighted by Crippen LogP contribution is -2.55. The third-order valence-corrected chi connectivity index (χ3v) is 6.87. The van der Waals surface area contributed by atoms with Crippen LogP contribution in [0.2, 0.25) is 0 Å². The fourth-order valence-corrected chi connectivity index (χ4v) is 4.95. The predicted octanol–water partition coefficient (Wildman–Crippen LogP) is 2.80. The molecule has 152 valence electrons. The number of nitrogens with one attached hydrogen (secondary N) is 2. The van der Waals surface area contributed by atoms with E-state index in [9.17, 15) is 4.79 Å². The molecule has 4 rings (SSSR count). The molecule has 2 aliphatic heterocycles. The van der Waals surface area contributed by atoms with Gasteiger partial charge in [0.15, 0.2) is 5.17 Å². The largest absolute Gasteiger partial charge is 0.369 e. The number of rotatable bonds is 3. The van der Waals surface area contributed by atoms with Gasteiger partial charge in [-0.1, -0.05) is 18.7 Å². The zero-order valence-electron chi connectivity index (χ0n) is 16.6. The summed E-state index contributed by atoms with van der Waals surface area (Å²) in [7, 11) is 2.09. The second-order valence-corrected chi connectivity index (χ2v) is 8.93. The van der Waals surface area contributed by atoms with E-state index >= 15 is 0 Å². The Morgan fingerprint density at radius 1 is 1.52 bits per heavy atom. The molecule has 0 aliphatic carbocycles. The highest BCUT2D eigenvalue weighted by molar-refractivity contribution is 8.14. The Morgan fingerprint density at radius 3 is 3.21 bits per heavy atom. The number of fused-ring (bicyclic) bond motifs is 1. The number of pyridine rings is 1. The second kappa shape index (κ2) is 8.33. The van der Waals surface area contributed by atoms with Crippen molar-refractivity contribution in [1.29, 1.82) is 5.26 Å². The van der Waals surface area contributed by atoms with Crippen LogP contribution < -0.4 is 10.2 Å². The highest BCUT2D eigenvalue weighted by atomic mass is 32.2. The van der Waals surface area contributed by atoms with Gasteiger partial charge in [0.25, 0.3) is 0 Å². The van der Waals surface area contributed by atoms with Gasteiger partial charge in [-0.05, 0) is 24.5 Å². The van der Waals surface area contributed by atoms with Gasteiger partial charge < -0.3 is 14.8 Å². The van der Waals surface area contributed by atoms with Crippen LogP contribution in [0.15, 0.2) is 29.5 Å². The van der Waals surface area contributed by atoms with Gasteiger partial charge >= 0.3 is 6.03 Å². The van der Waals surface area contributed by atoms with Crippen molar-refractivity contribution < 1.29 is 4.79 Å². The number of amidine groups is 1. The maximum Gasteiger partial charge on any atom is 0.323 e. The van der Waals surface area contributed by atoms with Crippen molar-refractivity contribution in [2.75, 3.05) is 31.6 Å². The summed E-state index contributed by atoms with van der Waals surface area (Å²) in [6.07, 6.45) is 5.11. The Kier molecular flexibility index (Phi) is 5.62. The SMILES string of the molecule is C[C@@H]1CCN(C(=O)NC2=NCC(CC#N)S2)C[C@@H]1N(C)c1ccnc2[nH]ccc12. The first-order valence-electron chi connectivity index (χ1n) is 9.85. The number of amides is 2. The number of likely N-dealkylation sites (N-methyl/N-ethyl adjacent to an activating group) is 1. The maximum atomic E-state index is 12.8. The van der Waals surface area contributed by atoms with Crippen molar-refractivity contribution in [3.63, 3.8) is 0 Å². The lowest BCUT2D eigenvalue weighted by atomic mass is 9.92. The summed E-state index contributed by atoms with van der Waals surface area (Å²) in [5.74, 6) is 0.462. The number of urea groups is 1. The smallest absolute Gasteiger partial charge is 0.323 e. The van der Waals surface area contributed by atoms with Crippen LogP contribution in [-0.4, -0.2) is 64.0 Å². The molecular formula is C20H25N7OS. The number of likely N-dealkylation sites (tertiary alicyclic amines) is 1. The van der Waals surface area contributed by atoms with Crippen molar-refractivity contribution in [3.8, 4) is 6.07 Å². The van der Waals surface area contributed by atoms with Gasteiger partial charge in [-0.3, -0.25) is 10.3 Å². The van der Waals surface area contributed by atoms with Crippen LogP contribution in [-0.2, 0) is 0 Å². The minimum Gasteiger partial charge on any atom is -0.369 e. The zero-order chi connectivity index (χ0) is 20.4. The van der Waals surface area contributed by atoms with Crippen molar-refractivity contribution in [3.05, 3.63) is 24.5 Å². The number of nitrogens with zero attached hydrogens (tertiary/aromatic N) is 5. The molecule has 1 saturated heterocycles. The van der Waals surface area contributed by atoms with Crippen LogP contribution in [0.3, 0.4) is 0 Å². The number of H-pyrrole nitrogens is 1. The van der Waals surface area contributed by atoms with Crippen molar-refractivity contribution in [2.24, 2.45) is 10.9 Å². The molecule has 9 heteroatoms. The number of anilines is 1. The molecule has 2 N–H and O–H groups in total. The molecule has 8 nitrogen and oxygen atoms in total. The van der Waals surface area contributed by atoms with E-state index in [2.05, 4.69) is 45.2 Å². The number of aliphatic imine (C=N–C) groups is 1. The minimum atomic E-state index is -0.110. The number of aromatic nitrogens is 2. The highest BCUT2D eigenvalue weighted by Crippen LogP contribution is 2.30. The molecule has 1 fully saturated rings. The quantitative estimate of drug-likeness (QED) is 0.809. The Labute approximate surface area is 174 Å². The summed E-state index contributed by atoms with van der Waals surface area (Å²) in [6.45, 7) is 4.21. The fraction of sp³-hybridized carbons (Fsp3) is 0.500. The van der Waals surface area contributed by atoms with E-state index in [0.717, 1.165) is 29.7 Å². The monoisotopic (exact) mass is 411 g/mol. The lowest BCUT2D eigenvalue weighted by molar-refractivity contribution is 0.165. The molecule has 2 aliphatic rings. The first-order valence-corrected chi connectivity index (χ1v) is 10.7. The molecule has 3 atom stereocenters. The normalized spacial score (nSPS) is 24.2. The minimum absolute atomic E-state index is 0.110. The number of carbonyl (C=O) groups excluding carboxylic acids is 1. The van der Waals surface area contributed by atoms with Gasteiger partial charge in [0, 0.05) is 61.3 Å². The Balaban J connectivity index is 1.43. The number of hydrogen-bond acceptors (Lipinski definition) is 6. The summed E-state index contributed by atoms with van der Waals surface area (Å²) in [4.78, 5) is 28.9. The lowest BCUT2D eigenvalue weighted by Gasteiger charge is -2.42. The average Bonchev–Trinajstić information content (AvgIpc) is 3.37. The van der Waals surface area contributed by atoms with E-state index in [1.807, 2.05) is 29.4 Å². The van der Waals surface area contributed by atoms with Gasteiger partial charge in [0.1, 0.15) is 5.65 Å². The van der Waals surface area contributed by atoms with Gasteiger partial charge in [-0.25, -0.2) is 9.78 Å². The van der Waals surface area contributed by atoms with Crippen molar-refractivity contribution in [2.45, 2.75) is 31.1 Å². The van der Waals surface area contributed by atoms with E-state index < -0.39 is 0 Å². The predicted molar refractivity (Wildman–Crippen MR) is 116 cm³/mol. The number of carbonyl (C=O) groups is 1. The molecule has 1 unspecified atom stereocenters. The van der Waals surface area contributed by atoms with Crippen LogP contribution in [0.25, 0.3) is 11.0 Å². The molecule has 0 spiro atoms. The summed E-state index contributed by atoms with van der Waals surface area (Å²) < 4.78 is 0. The molecule has 29 heavy (non-hydrogen) atoms. The van der Waals surface area contributed by atoms with E-state index in [4.69, 9.17) is 5.26 Å². The number of aromatic amines is 1. The average molecular weight is 412 g/mol. The Morgan fingerprint density at radius 2 is 2.38 bits per heavy atom. The summed E-state index contributed by atoms with van der Waals surface area (Å²) >= 11 is 1.48. The third-order valence-electron chi connectivity index (χ3n) is 5.77. The Hall–Kier alpha value is -2.73. The van der Waals surface area contributed by atoms with E-state index in [1.165, 1.54) is 11.8 Å². The molecule has 0 radical (unpaired) electrons. The van der Waals surface area contributed by atoms with Gasteiger partial charge in [-0.2, -0.15) is 5.26 Å². The molecular weight excluding hydrogens is 386 g/mol. The first kappa shape index (κ1) is 19.6. The van der Waals surface area contributed by atoms with E-state index in [-0.39, 0.29) is 17.3 Å². The molecule has 0 aromatic carbocycles. The van der Waals surface area contributed by atoms with E-state index in [1.54, 1.807) is 0 Å². The number of hydrogen-bond donors (Lipinski definition) is 2. The molecule has 4 heterocycles. The summed E-state index contributed by atoms with van der Waals surface area (Å²) in [6, 6.07) is 6.33. The van der Waals surface area contributed by atoms with Gasteiger partial charge in [0.05, 0.1) is 12.6 Å². The highest BCUT2D eigenvalue weighted by Gasteiger charge is 2.33. The number of thioether (sulfide) groups is 1. The second-order valence-electron chi connectivity index (χ2n) is 7.64. The van der Waals surface area contributed by atoms with Crippen LogP contribution in [0.1, 0.15) is 19.8 Å². The summed E-state index contributed by atoms with van der Waals surface area (Å²) in [5, 5.41) is 13.6. The molecule has 0 bridgehead atoms. The standard InChI is InChI=1S/C20H25N7OS/c1-13-6-10-27(20(28)25-19-24-11-14(29-19)3-7-21)12-17(13)26(2)16-5-9-23-18-15(16)4-8-22-18/h4-5,8-9,13-14,17H,3,6,10-12H2,1-2H3,(H,22,23)(H,24,25,28)/t13-,14?,17+/m1/s1. The Bertz CT molecular complexity index is 965. The molecule has 2 amide bonds. The maximum absolute atomic E-state index is 12.8. The molecule has 0 saturated carbocycles. The van der Waals surface area contributed by atoms with Crippen LogP contribution in [0.5, 0.6) is 0 Å². The summed E-state index contributed by atoms with van der Waals surface area (Å²) in [5.41, 5.74) is 1.99. The van der Waals surface area contributed by atoms with Crippen LogP contribution in [0.4, 0.5) is 10.5 Å². The topological polar surface area (TPSA) is 100 Å².